The number of aliphatic hydroxyl groups excluding tert-OH is 1. The molecule has 1 unspecified atom stereocenters. The molecule has 0 amide bonds. The molecule has 20 heteroatoms. The smallest absolute Gasteiger partial charge is 0.425 e. The number of hydrogen-bond acceptors (Lipinski definition) is 20. The lowest BCUT2D eigenvalue weighted by molar-refractivity contribution is -0.563. The molecule has 0 bridgehead atoms. The number of carbonyl (C=O) groups is 7. The van der Waals surface area contributed by atoms with E-state index in [4.69, 9.17) is 18.9 Å². The number of aliphatic hydroxyl groups is 6. The quantitative estimate of drug-likeness (QED) is 0.0419. The lowest BCUT2D eigenvalue weighted by Crippen LogP contribution is -2.86. The second-order valence-electron chi connectivity index (χ2n) is 11.8. The SMILES string of the molecule is C=C(C)C(=O)OC(O)[C@](O)(OC(=O)C(=C)C)[C@@](O)(OC(=O)C(=C)C)[C@@](O)(OC(=O)C(=C)C)[C@@](O)(OC(=O)C(=C)C)C(O)(OC(=O)C(=C)C)OC(=O)C(=C)C. The Morgan fingerprint density at radius 3 is 0.926 bits per heavy atom. The lowest BCUT2D eigenvalue weighted by atomic mass is 9.85. The fourth-order valence-corrected chi connectivity index (χ4v) is 3.15. The monoisotopic (exact) mass is 770 g/mol. The molecule has 0 rings (SSSR count). The standard InChI is InChI=1S/C34H42O20/c1-15(2)22(35)48-29(42)30(43,49-23(36)16(3)4)31(44,50-24(37)17(5)6)32(45,51-25(38)18(7)8)33(46,52-26(39)19(9)10)34(47,53-27(40)20(11)12)54-28(41)21(13)14/h29,42-47H,1,3,5,7,9,11,13H2,2,4,6,8,10,12,14H3/t29?,30-,31+,32+,33+/m0/s1. The summed E-state index contributed by atoms with van der Waals surface area (Å²) in [6.07, 6.45) is -3.73. The van der Waals surface area contributed by atoms with E-state index in [1.807, 2.05) is 0 Å². The van der Waals surface area contributed by atoms with E-state index in [9.17, 15) is 64.2 Å². The van der Waals surface area contributed by atoms with Crippen molar-refractivity contribution in [3.63, 3.8) is 0 Å². The van der Waals surface area contributed by atoms with E-state index >= 15 is 0 Å². The molecule has 6 N–H and O–H groups in total. The summed E-state index contributed by atoms with van der Waals surface area (Å²) in [6.45, 7) is 28.3. The summed E-state index contributed by atoms with van der Waals surface area (Å²) in [4.78, 5) is 90.9. The third-order valence-corrected chi connectivity index (χ3v) is 6.26. The molecule has 0 aliphatic heterocycles. The topological polar surface area (TPSA) is 305 Å². The lowest BCUT2D eigenvalue weighted by Gasteiger charge is -2.54. The first-order valence-electron chi connectivity index (χ1n) is 14.7. The number of hydrogen-bond donors (Lipinski definition) is 6. The maximum Gasteiger partial charge on any atom is 0.451 e. The number of esters is 7. The summed E-state index contributed by atoms with van der Waals surface area (Å²) in [5.74, 6) is -39.9. The second kappa shape index (κ2) is 17.4. The maximum absolute atomic E-state index is 13.3. The first-order valence-corrected chi connectivity index (χ1v) is 14.7. The molecule has 298 valence electrons. The van der Waals surface area contributed by atoms with Crippen LogP contribution in [0.4, 0.5) is 0 Å². The largest absolute Gasteiger partial charge is 0.451 e. The highest BCUT2D eigenvalue weighted by atomic mass is 16.9. The number of rotatable bonds is 19. The second-order valence-corrected chi connectivity index (χ2v) is 11.8. The Balaban J connectivity index is 9.47. The van der Waals surface area contributed by atoms with Gasteiger partial charge in [-0.1, -0.05) is 46.1 Å². The van der Waals surface area contributed by atoms with Crippen LogP contribution < -0.4 is 0 Å². The van der Waals surface area contributed by atoms with Gasteiger partial charge in [0.25, 0.3) is 6.29 Å². The molecule has 0 aromatic carbocycles. The Morgan fingerprint density at radius 2 is 0.630 bits per heavy atom. The van der Waals surface area contributed by atoms with Crippen molar-refractivity contribution in [2.45, 2.75) is 83.9 Å². The number of carbonyl (C=O) groups excluding carboxylic acids is 7. The van der Waals surface area contributed by atoms with Crippen LogP contribution in [0.5, 0.6) is 0 Å². The Kier molecular flexibility index (Phi) is 15.5. The van der Waals surface area contributed by atoms with Crippen LogP contribution in [0.25, 0.3) is 0 Å². The van der Waals surface area contributed by atoms with Crippen molar-refractivity contribution < 1.29 is 97.4 Å². The van der Waals surface area contributed by atoms with E-state index < -0.39 is 116 Å². The third-order valence-electron chi connectivity index (χ3n) is 6.26. The van der Waals surface area contributed by atoms with E-state index in [0.717, 1.165) is 48.5 Å². The molecule has 0 radical (unpaired) electrons. The van der Waals surface area contributed by atoms with Gasteiger partial charge in [-0.2, -0.15) is 0 Å². The highest BCUT2D eigenvalue weighted by molar-refractivity contribution is 5.91. The summed E-state index contributed by atoms with van der Waals surface area (Å²) < 4.78 is 32.9. The summed E-state index contributed by atoms with van der Waals surface area (Å²) >= 11 is 0. The van der Waals surface area contributed by atoms with Crippen molar-refractivity contribution in [1.82, 2.24) is 0 Å². The Labute approximate surface area is 308 Å². The highest BCUT2D eigenvalue weighted by Gasteiger charge is 2.89. The van der Waals surface area contributed by atoms with Crippen molar-refractivity contribution in [3.8, 4) is 0 Å². The molecule has 54 heavy (non-hydrogen) atoms. The number of ether oxygens (including phenoxy) is 7. The fraction of sp³-hybridized carbons (Fsp3) is 0.382. The van der Waals surface area contributed by atoms with Gasteiger partial charge in [0.05, 0.1) is 0 Å². The highest BCUT2D eigenvalue weighted by Crippen LogP contribution is 2.51. The Hall–Kier alpha value is -5.77. The van der Waals surface area contributed by atoms with Crippen LogP contribution in [-0.2, 0) is 66.7 Å². The van der Waals surface area contributed by atoms with Crippen LogP contribution >= 0.6 is 0 Å². The summed E-state index contributed by atoms with van der Waals surface area (Å²) in [5.41, 5.74) is -5.44. The molecule has 0 spiro atoms. The minimum Gasteiger partial charge on any atom is -0.425 e. The maximum atomic E-state index is 13.3. The molecule has 0 aromatic heterocycles. The van der Waals surface area contributed by atoms with Crippen LogP contribution in [0, 0.1) is 0 Å². The van der Waals surface area contributed by atoms with Crippen molar-refractivity contribution in [1.29, 1.82) is 0 Å². The summed E-state index contributed by atoms with van der Waals surface area (Å²) in [7, 11) is 0. The van der Waals surface area contributed by atoms with Crippen LogP contribution in [0.1, 0.15) is 48.5 Å². The molecular formula is C34H42O20. The van der Waals surface area contributed by atoms with E-state index in [0.29, 0.717) is 0 Å². The fourth-order valence-electron chi connectivity index (χ4n) is 3.15. The van der Waals surface area contributed by atoms with Gasteiger partial charge in [-0.25, -0.2) is 33.6 Å². The molecule has 0 aliphatic carbocycles. The van der Waals surface area contributed by atoms with E-state index in [-0.39, 0.29) is 0 Å². The van der Waals surface area contributed by atoms with Gasteiger partial charge in [-0.05, 0) is 48.5 Å². The van der Waals surface area contributed by atoms with Gasteiger partial charge in [0.2, 0.25) is 0 Å². The molecule has 0 saturated heterocycles. The van der Waals surface area contributed by atoms with Crippen molar-refractivity contribution in [2.24, 2.45) is 0 Å². The molecule has 0 aromatic rings. The zero-order valence-corrected chi connectivity index (χ0v) is 30.4. The van der Waals surface area contributed by atoms with Gasteiger partial charge in [-0.15, -0.1) is 0 Å². The van der Waals surface area contributed by atoms with E-state index in [2.05, 4.69) is 60.3 Å². The molecule has 0 aliphatic rings. The van der Waals surface area contributed by atoms with E-state index in [1.165, 1.54) is 0 Å². The Bertz CT molecular complexity index is 1690. The van der Waals surface area contributed by atoms with Gasteiger partial charge in [-0.3, -0.25) is 0 Å². The minimum absolute atomic E-state index is 0.603. The summed E-state index contributed by atoms with van der Waals surface area (Å²) in [5, 5.41) is 72.3. The molecule has 0 fully saturated rings. The van der Waals surface area contributed by atoms with Gasteiger partial charge < -0.3 is 63.8 Å². The third kappa shape index (κ3) is 9.80. The van der Waals surface area contributed by atoms with Crippen LogP contribution in [0.2, 0.25) is 0 Å². The van der Waals surface area contributed by atoms with Gasteiger partial charge in [0.15, 0.2) is 0 Å². The molecule has 5 atom stereocenters. The molecule has 0 heterocycles. The predicted octanol–water partition coefficient (Wildman–Crippen LogP) is -0.460. The minimum atomic E-state index is -5.47. The normalized spacial score (nSPS) is 15.9. The van der Waals surface area contributed by atoms with Gasteiger partial charge in [0, 0.05) is 39.0 Å². The summed E-state index contributed by atoms with van der Waals surface area (Å²) in [6, 6.07) is 0. The average Bonchev–Trinajstić information content (AvgIpc) is 3.03. The molecule has 20 nitrogen and oxygen atoms in total. The van der Waals surface area contributed by atoms with Crippen LogP contribution in [-0.4, -0.2) is 108 Å². The predicted molar refractivity (Wildman–Crippen MR) is 177 cm³/mol. The average molecular weight is 771 g/mol. The molecular weight excluding hydrogens is 728 g/mol. The van der Waals surface area contributed by atoms with Gasteiger partial charge in [0.1, 0.15) is 0 Å². The first-order chi connectivity index (χ1) is 24.2. The molecule has 0 saturated carbocycles. The van der Waals surface area contributed by atoms with Crippen molar-refractivity contribution in [3.05, 3.63) is 85.1 Å². The van der Waals surface area contributed by atoms with E-state index in [1.54, 1.807) is 0 Å². The van der Waals surface area contributed by atoms with Crippen molar-refractivity contribution >= 4 is 41.8 Å². The Morgan fingerprint density at radius 1 is 0.389 bits per heavy atom. The zero-order chi connectivity index (χ0) is 43.1. The van der Waals surface area contributed by atoms with Crippen molar-refractivity contribution in [2.75, 3.05) is 0 Å². The zero-order valence-electron chi connectivity index (χ0n) is 30.4. The first kappa shape index (κ1) is 48.2. The van der Waals surface area contributed by atoms with Crippen LogP contribution in [0.3, 0.4) is 0 Å². The van der Waals surface area contributed by atoms with Gasteiger partial charge >= 0.3 is 70.9 Å². The van der Waals surface area contributed by atoms with Crippen LogP contribution in [0.15, 0.2) is 85.1 Å².